The van der Waals surface area contributed by atoms with Crippen LogP contribution < -0.4 is 5.43 Å². The summed E-state index contributed by atoms with van der Waals surface area (Å²) < 4.78 is 0.726. The molecule has 0 unspecified atom stereocenters. The van der Waals surface area contributed by atoms with Crippen molar-refractivity contribution >= 4 is 34.7 Å². The predicted octanol–water partition coefficient (Wildman–Crippen LogP) is 1.89. The second-order valence-corrected chi connectivity index (χ2v) is 6.71. The van der Waals surface area contributed by atoms with Gasteiger partial charge in [-0.25, -0.2) is 5.43 Å². The molecule has 0 aliphatic rings. The van der Waals surface area contributed by atoms with Gasteiger partial charge in [0.1, 0.15) is 16.5 Å². The number of nitrogens with one attached hydrogen (secondary N) is 1. The smallest absolute Gasteiger partial charge is 0.250 e. The number of aryl methyl sites for hydroxylation is 1. The van der Waals surface area contributed by atoms with E-state index in [4.69, 9.17) is 0 Å². The monoisotopic (exact) mass is 338 g/mol. The van der Waals surface area contributed by atoms with Crippen molar-refractivity contribution in [2.75, 3.05) is 5.75 Å². The summed E-state index contributed by atoms with van der Waals surface area (Å²) in [5, 5.41) is 31.5. The van der Waals surface area contributed by atoms with Crippen molar-refractivity contribution in [3.63, 3.8) is 0 Å². The number of carbonyl (C=O) groups is 1. The summed E-state index contributed by atoms with van der Waals surface area (Å²) in [4.78, 5) is 11.7. The third-order valence-corrected chi connectivity index (χ3v) is 4.53. The molecule has 1 heterocycles. The molecule has 1 aromatic heterocycles. The van der Waals surface area contributed by atoms with Crippen molar-refractivity contribution in [1.82, 2.24) is 15.6 Å². The summed E-state index contributed by atoms with van der Waals surface area (Å²) in [5.74, 6) is -0.251. The molecule has 3 N–H and O–H groups in total. The number of phenols is 2. The van der Waals surface area contributed by atoms with Crippen molar-refractivity contribution < 1.29 is 15.0 Å². The van der Waals surface area contributed by atoms with Crippen LogP contribution in [0.2, 0.25) is 0 Å². The molecule has 0 saturated heterocycles. The van der Waals surface area contributed by atoms with Gasteiger partial charge in [0.25, 0.3) is 5.91 Å². The van der Waals surface area contributed by atoms with Crippen LogP contribution in [0, 0.1) is 6.92 Å². The summed E-state index contributed by atoms with van der Waals surface area (Å²) in [7, 11) is 0. The number of hydrogen-bond donors (Lipinski definition) is 3. The summed E-state index contributed by atoms with van der Waals surface area (Å²) in [6, 6.07) is 4.17. The number of benzene rings is 1. The molecule has 0 atom stereocenters. The van der Waals surface area contributed by atoms with Crippen LogP contribution >= 0.6 is 23.1 Å². The topological polar surface area (TPSA) is 108 Å². The Morgan fingerprint density at radius 1 is 1.41 bits per heavy atom. The van der Waals surface area contributed by atoms with E-state index < -0.39 is 0 Å². The normalized spacial score (nSPS) is 11.5. The van der Waals surface area contributed by atoms with Gasteiger partial charge in [0.2, 0.25) is 0 Å². The molecule has 0 aliphatic heterocycles. The second kappa shape index (κ2) is 7.23. The number of amides is 1. The fourth-order valence-electron chi connectivity index (χ4n) is 1.53. The zero-order valence-electron chi connectivity index (χ0n) is 11.9. The molecule has 0 fully saturated rings. The molecule has 0 radical (unpaired) electrons. The number of rotatable bonds is 5. The van der Waals surface area contributed by atoms with E-state index >= 15 is 0 Å². The maximum Gasteiger partial charge on any atom is 0.250 e. The van der Waals surface area contributed by atoms with Gasteiger partial charge in [-0.05, 0) is 26.0 Å². The van der Waals surface area contributed by atoms with Crippen LogP contribution in [0.1, 0.15) is 17.5 Å². The molecule has 1 aromatic carbocycles. The van der Waals surface area contributed by atoms with Crippen LogP contribution in [0.25, 0.3) is 0 Å². The largest absolute Gasteiger partial charge is 0.508 e. The van der Waals surface area contributed by atoms with Gasteiger partial charge in [-0.1, -0.05) is 23.1 Å². The minimum atomic E-state index is -0.282. The highest BCUT2D eigenvalue weighted by atomic mass is 32.2. The Kier molecular flexibility index (Phi) is 5.34. The molecule has 2 aromatic rings. The molecule has 116 valence electrons. The maximum absolute atomic E-state index is 11.7. The minimum absolute atomic E-state index is 0.0400. The van der Waals surface area contributed by atoms with Gasteiger partial charge in [-0.15, -0.1) is 10.2 Å². The Morgan fingerprint density at radius 3 is 2.82 bits per heavy atom. The highest BCUT2D eigenvalue weighted by molar-refractivity contribution is 8.01. The number of carbonyl (C=O) groups excluding carboxylic acids is 1. The SMILES string of the molecule is CC(=NNC(=O)CSc1nnc(C)s1)c1ccc(O)cc1O. The van der Waals surface area contributed by atoms with Gasteiger partial charge < -0.3 is 10.2 Å². The molecule has 0 aliphatic carbocycles. The number of aromatic hydroxyl groups is 2. The van der Waals surface area contributed by atoms with Crippen molar-refractivity contribution in [1.29, 1.82) is 0 Å². The molecule has 2 rings (SSSR count). The zero-order valence-corrected chi connectivity index (χ0v) is 13.5. The number of nitrogens with zero attached hydrogens (tertiary/aromatic N) is 3. The first-order chi connectivity index (χ1) is 10.5. The Bertz CT molecular complexity index is 715. The van der Waals surface area contributed by atoms with Crippen LogP contribution in [0.5, 0.6) is 11.5 Å². The van der Waals surface area contributed by atoms with Crippen LogP contribution in [-0.4, -0.2) is 37.8 Å². The summed E-state index contributed by atoms with van der Waals surface area (Å²) in [5.41, 5.74) is 3.28. The van der Waals surface area contributed by atoms with Gasteiger partial charge in [-0.3, -0.25) is 4.79 Å². The number of phenolic OH excluding ortho intramolecular Hbond substituents is 2. The van der Waals surface area contributed by atoms with Crippen molar-refractivity contribution in [3.05, 3.63) is 28.8 Å². The quantitative estimate of drug-likeness (QED) is 0.436. The van der Waals surface area contributed by atoms with Gasteiger partial charge in [0.05, 0.1) is 11.5 Å². The van der Waals surface area contributed by atoms with Crippen molar-refractivity contribution in [3.8, 4) is 11.5 Å². The minimum Gasteiger partial charge on any atom is -0.508 e. The van der Waals surface area contributed by atoms with Crippen LogP contribution in [0.3, 0.4) is 0 Å². The third kappa shape index (κ3) is 4.43. The summed E-state index contributed by atoms with van der Waals surface area (Å²) in [6.07, 6.45) is 0. The molecule has 0 bridgehead atoms. The zero-order chi connectivity index (χ0) is 16.1. The Labute approximate surface area is 135 Å². The number of thioether (sulfide) groups is 1. The number of aromatic nitrogens is 2. The fourth-order valence-corrected chi connectivity index (χ4v) is 3.14. The van der Waals surface area contributed by atoms with E-state index in [1.54, 1.807) is 6.92 Å². The highest BCUT2D eigenvalue weighted by Crippen LogP contribution is 2.23. The first-order valence-corrected chi connectivity index (χ1v) is 8.04. The van der Waals surface area contributed by atoms with E-state index in [9.17, 15) is 15.0 Å². The third-order valence-electron chi connectivity index (χ3n) is 2.55. The summed E-state index contributed by atoms with van der Waals surface area (Å²) >= 11 is 2.71. The van der Waals surface area contributed by atoms with Crippen molar-refractivity contribution in [2.24, 2.45) is 5.10 Å². The average molecular weight is 338 g/mol. The standard InChI is InChI=1S/C13H14N4O3S2/c1-7(10-4-3-9(18)5-11(10)19)14-16-12(20)6-21-13-17-15-8(2)22-13/h3-5,18-19H,6H2,1-2H3,(H,16,20). The summed E-state index contributed by atoms with van der Waals surface area (Å²) in [6.45, 7) is 3.49. The molecule has 0 spiro atoms. The lowest BCUT2D eigenvalue weighted by Gasteiger charge is -2.05. The molecule has 9 heteroatoms. The van der Waals surface area contributed by atoms with E-state index in [-0.39, 0.29) is 23.2 Å². The van der Waals surface area contributed by atoms with Gasteiger partial charge in [0.15, 0.2) is 4.34 Å². The van der Waals surface area contributed by atoms with Crippen LogP contribution in [0.4, 0.5) is 0 Å². The maximum atomic E-state index is 11.7. The highest BCUT2D eigenvalue weighted by Gasteiger charge is 2.08. The Morgan fingerprint density at radius 2 is 2.18 bits per heavy atom. The van der Waals surface area contributed by atoms with E-state index in [1.807, 2.05) is 6.92 Å². The van der Waals surface area contributed by atoms with Gasteiger partial charge in [-0.2, -0.15) is 5.10 Å². The Balaban J connectivity index is 1.91. The van der Waals surface area contributed by atoms with E-state index in [1.165, 1.54) is 41.3 Å². The fraction of sp³-hybridized carbons (Fsp3) is 0.231. The van der Waals surface area contributed by atoms with Gasteiger partial charge >= 0.3 is 0 Å². The molecule has 1 amide bonds. The van der Waals surface area contributed by atoms with E-state index in [0.29, 0.717) is 11.3 Å². The average Bonchev–Trinajstić information content (AvgIpc) is 2.88. The number of hydrogen-bond acceptors (Lipinski definition) is 8. The molecule has 0 saturated carbocycles. The first-order valence-electron chi connectivity index (χ1n) is 6.24. The van der Waals surface area contributed by atoms with Crippen LogP contribution in [-0.2, 0) is 4.79 Å². The van der Waals surface area contributed by atoms with E-state index in [2.05, 4.69) is 20.7 Å². The lowest BCUT2D eigenvalue weighted by atomic mass is 10.1. The lowest BCUT2D eigenvalue weighted by molar-refractivity contribution is -0.118. The predicted molar refractivity (Wildman–Crippen MR) is 85.5 cm³/mol. The van der Waals surface area contributed by atoms with Crippen LogP contribution in [0.15, 0.2) is 27.6 Å². The van der Waals surface area contributed by atoms with Gasteiger partial charge in [0, 0.05) is 11.6 Å². The molecule has 7 nitrogen and oxygen atoms in total. The van der Waals surface area contributed by atoms with Crippen molar-refractivity contribution in [2.45, 2.75) is 18.2 Å². The molecule has 22 heavy (non-hydrogen) atoms. The lowest BCUT2D eigenvalue weighted by Crippen LogP contribution is -2.21. The number of hydrazone groups is 1. The second-order valence-electron chi connectivity index (χ2n) is 4.31. The van der Waals surface area contributed by atoms with E-state index in [0.717, 1.165) is 9.35 Å². The first kappa shape index (κ1) is 16.2. The molecular weight excluding hydrogens is 324 g/mol. The molecular formula is C13H14N4O3S2. The Hall–Kier alpha value is -2.13.